The third kappa shape index (κ3) is 6.33. The molecule has 1 aliphatic rings. The molecule has 25 heavy (non-hydrogen) atoms. The van der Waals surface area contributed by atoms with Crippen LogP contribution in [0.4, 0.5) is 18.3 Å². The summed E-state index contributed by atoms with van der Waals surface area (Å²) in [5, 5.41) is 6.18. The standard InChI is InChI=1S/C15H16F3N3O2S.ClH/c16-15(17,18)8-23-10-3-4-11-12(5-10)24-14(20-11)21-13(22)7-19-6-9-1-2-9;/h3-5,9,19H,1-2,6-8H2,(H,20,21,22);1H. The maximum atomic E-state index is 12.2. The average Bonchev–Trinajstić information content (AvgIpc) is 3.23. The lowest BCUT2D eigenvalue weighted by molar-refractivity contribution is -0.153. The molecular weight excluding hydrogens is 379 g/mol. The van der Waals surface area contributed by atoms with Crippen LogP contribution in [-0.2, 0) is 4.79 Å². The van der Waals surface area contributed by atoms with Crippen molar-refractivity contribution in [1.82, 2.24) is 10.3 Å². The molecule has 0 aliphatic heterocycles. The van der Waals surface area contributed by atoms with Crippen molar-refractivity contribution >= 4 is 45.0 Å². The van der Waals surface area contributed by atoms with Gasteiger partial charge in [0.25, 0.3) is 0 Å². The molecule has 1 fully saturated rings. The number of ether oxygens (including phenoxy) is 1. The summed E-state index contributed by atoms with van der Waals surface area (Å²) in [6, 6.07) is 4.48. The number of carbonyl (C=O) groups is 1. The van der Waals surface area contributed by atoms with Crippen LogP contribution in [-0.4, -0.2) is 36.8 Å². The Morgan fingerprint density at radius 2 is 2.12 bits per heavy atom. The molecule has 0 saturated heterocycles. The molecule has 5 nitrogen and oxygen atoms in total. The van der Waals surface area contributed by atoms with E-state index in [0.717, 1.165) is 6.54 Å². The number of rotatable bonds is 7. The van der Waals surface area contributed by atoms with E-state index in [1.54, 1.807) is 6.07 Å². The first-order valence-corrected chi connectivity index (χ1v) is 8.31. The predicted octanol–water partition coefficient (Wildman–Crippen LogP) is 3.60. The molecule has 10 heteroatoms. The maximum Gasteiger partial charge on any atom is 0.422 e. The number of nitrogens with zero attached hydrogens (tertiary/aromatic N) is 1. The third-order valence-corrected chi connectivity index (χ3v) is 4.36. The van der Waals surface area contributed by atoms with Crippen LogP contribution in [0.15, 0.2) is 18.2 Å². The Bertz CT molecular complexity index is 734. The lowest BCUT2D eigenvalue weighted by Gasteiger charge is -2.08. The summed E-state index contributed by atoms with van der Waals surface area (Å²) in [7, 11) is 0. The molecule has 1 aromatic carbocycles. The number of benzene rings is 1. The highest BCUT2D eigenvalue weighted by atomic mass is 35.5. The van der Waals surface area contributed by atoms with Crippen LogP contribution < -0.4 is 15.4 Å². The van der Waals surface area contributed by atoms with Crippen molar-refractivity contribution in [3.8, 4) is 5.75 Å². The van der Waals surface area contributed by atoms with Gasteiger partial charge >= 0.3 is 6.18 Å². The van der Waals surface area contributed by atoms with Gasteiger partial charge in [0.2, 0.25) is 5.91 Å². The van der Waals surface area contributed by atoms with Crippen LogP contribution in [0.1, 0.15) is 12.8 Å². The zero-order valence-electron chi connectivity index (χ0n) is 13.1. The van der Waals surface area contributed by atoms with Gasteiger partial charge in [-0.25, -0.2) is 4.98 Å². The fourth-order valence-corrected chi connectivity index (χ4v) is 3.00. The zero-order valence-corrected chi connectivity index (χ0v) is 14.7. The molecule has 1 heterocycles. The van der Waals surface area contributed by atoms with E-state index in [4.69, 9.17) is 4.74 Å². The fourth-order valence-electron chi connectivity index (χ4n) is 2.09. The SMILES string of the molecule is Cl.O=C(CNCC1CC1)Nc1nc2ccc(OCC(F)(F)F)cc2s1. The number of amides is 1. The number of hydrogen-bond donors (Lipinski definition) is 2. The van der Waals surface area contributed by atoms with Gasteiger partial charge in [-0.05, 0) is 43.5 Å². The lowest BCUT2D eigenvalue weighted by Crippen LogP contribution is -2.29. The highest BCUT2D eigenvalue weighted by Gasteiger charge is 2.28. The topological polar surface area (TPSA) is 63.2 Å². The highest BCUT2D eigenvalue weighted by molar-refractivity contribution is 7.22. The maximum absolute atomic E-state index is 12.2. The van der Waals surface area contributed by atoms with Crippen molar-refractivity contribution < 1.29 is 22.7 Å². The van der Waals surface area contributed by atoms with Gasteiger partial charge in [0.05, 0.1) is 16.8 Å². The highest BCUT2D eigenvalue weighted by Crippen LogP contribution is 2.30. The van der Waals surface area contributed by atoms with E-state index in [9.17, 15) is 18.0 Å². The first-order chi connectivity index (χ1) is 11.4. The number of fused-ring (bicyclic) bond motifs is 1. The van der Waals surface area contributed by atoms with Gasteiger partial charge < -0.3 is 15.4 Å². The van der Waals surface area contributed by atoms with Crippen LogP contribution in [0.3, 0.4) is 0 Å². The molecule has 0 unspecified atom stereocenters. The van der Waals surface area contributed by atoms with Gasteiger partial charge in [-0.15, -0.1) is 12.4 Å². The molecule has 2 aromatic rings. The number of anilines is 1. The summed E-state index contributed by atoms with van der Waals surface area (Å²) >= 11 is 1.19. The van der Waals surface area contributed by atoms with E-state index in [0.29, 0.717) is 21.3 Å². The second-order valence-corrected chi connectivity index (χ2v) is 6.71. The minimum Gasteiger partial charge on any atom is -0.484 e. The molecule has 1 saturated carbocycles. The van der Waals surface area contributed by atoms with Crippen LogP contribution in [0, 0.1) is 5.92 Å². The molecule has 0 radical (unpaired) electrons. The smallest absolute Gasteiger partial charge is 0.422 e. The Balaban J connectivity index is 0.00000225. The van der Waals surface area contributed by atoms with Crippen molar-refractivity contribution in [2.75, 3.05) is 25.0 Å². The number of alkyl halides is 3. The third-order valence-electron chi connectivity index (χ3n) is 3.42. The molecule has 1 amide bonds. The summed E-state index contributed by atoms with van der Waals surface area (Å²) in [6.45, 7) is -0.285. The van der Waals surface area contributed by atoms with Crippen molar-refractivity contribution in [2.45, 2.75) is 19.0 Å². The molecule has 1 aromatic heterocycles. The second kappa shape index (κ2) is 8.20. The van der Waals surface area contributed by atoms with E-state index in [-0.39, 0.29) is 30.6 Å². The van der Waals surface area contributed by atoms with Crippen molar-refractivity contribution in [3.05, 3.63) is 18.2 Å². The normalized spacial score (nSPS) is 14.2. The zero-order chi connectivity index (χ0) is 17.2. The Hall–Kier alpha value is -1.58. The Morgan fingerprint density at radius 3 is 2.80 bits per heavy atom. The number of aromatic nitrogens is 1. The summed E-state index contributed by atoms with van der Waals surface area (Å²) in [5.41, 5.74) is 0.598. The molecule has 2 N–H and O–H groups in total. The van der Waals surface area contributed by atoms with Gasteiger partial charge in [-0.2, -0.15) is 13.2 Å². The minimum atomic E-state index is -4.38. The molecule has 0 bridgehead atoms. The summed E-state index contributed by atoms with van der Waals surface area (Å²) < 4.78 is 41.9. The quantitative estimate of drug-likeness (QED) is 0.752. The number of thiazole rings is 1. The van der Waals surface area contributed by atoms with E-state index < -0.39 is 12.8 Å². The predicted molar refractivity (Wildman–Crippen MR) is 92.6 cm³/mol. The van der Waals surface area contributed by atoms with E-state index in [1.807, 2.05) is 0 Å². The van der Waals surface area contributed by atoms with Crippen molar-refractivity contribution in [3.63, 3.8) is 0 Å². The van der Waals surface area contributed by atoms with Crippen molar-refractivity contribution in [2.24, 2.45) is 5.92 Å². The molecular formula is C15H17ClF3N3O2S. The van der Waals surface area contributed by atoms with E-state index >= 15 is 0 Å². The molecule has 1 aliphatic carbocycles. The second-order valence-electron chi connectivity index (χ2n) is 5.67. The van der Waals surface area contributed by atoms with Crippen molar-refractivity contribution in [1.29, 1.82) is 0 Å². The van der Waals surface area contributed by atoms with Crippen LogP contribution in [0.25, 0.3) is 10.2 Å². The number of halogens is 4. The Labute approximate surface area is 152 Å². The molecule has 138 valence electrons. The summed E-state index contributed by atoms with van der Waals surface area (Å²) in [4.78, 5) is 16.1. The van der Waals surface area contributed by atoms with Crippen LogP contribution in [0.2, 0.25) is 0 Å². The number of carbonyl (C=O) groups excluding carboxylic acids is 1. The summed E-state index contributed by atoms with van der Waals surface area (Å²) in [6.07, 6.45) is -1.95. The molecule has 0 atom stereocenters. The molecule has 0 spiro atoms. The largest absolute Gasteiger partial charge is 0.484 e. The van der Waals surface area contributed by atoms with Crippen LogP contribution >= 0.6 is 23.7 Å². The molecule has 3 rings (SSSR count). The fraction of sp³-hybridized carbons (Fsp3) is 0.467. The first kappa shape index (κ1) is 19.7. The van der Waals surface area contributed by atoms with Crippen LogP contribution in [0.5, 0.6) is 5.75 Å². The van der Waals surface area contributed by atoms with Gasteiger partial charge in [0.15, 0.2) is 11.7 Å². The van der Waals surface area contributed by atoms with Gasteiger partial charge in [-0.3, -0.25) is 4.79 Å². The van der Waals surface area contributed by atoms with E-state index in [2.05, 4.69) is 15.6 Å². The van der Waals surface area contributed by atoms with Gasteiger partial charge in [-0.1, -0.05) is 11.3 Å². The number of hydrogen-bond acceptors (Lipinski definition) is 5. The van der Waals surface area contributed by atoms with Gasteiger partial charge in [0, 0.05) is 0 Å². The number of nitrogens with one attached hydrogen (secondary N) is 2. The first-order valence-electron chi connectivity index (χ1n) is 7.50. The van der Waals surface area contributed by atoms with E-state index in [1.165, 1.54) is 36.3 Å². The van der Waals surface area contributed by atoms with Gasteiger partial charge in [0.1, 0.15) is 5.75 Å². The Morgan fingerprint density at radius 1 is 1.36 bits per heavy atom. The Kier molecular flexibility index (Phi) is 6.47. The summed E-state index contributed by atoms with van der Waals surface area (Å²) in [5.74, 6) is 0.617. The lowest BCUT2D eigenvalue weighted by atomic mass is 10.3. The minimum absolute atomic E-state index is 0. The monoisotopic (exact) mass is 395 g/mol. The average molecular weight is 396 g/mol.